The molecule has 5 nitrogen and oxygen atoms in total. The highest BCUT2D eigenvalue weighted by Gasteiger charge is 2.18. The number of ether oxygens (including phenoxy) is 1. The Labute approximate surface area is 132 Å². The second kappa shape index (κ2) is 7.01. The zero-order valence-corrected chi connectivity index (χ0v) is 13.2. The Bertz CT molecular complexity index is 525. The van der Waals surface area contributed by atoms with Gasteiger partial charge in [-0.2, -0.15) is 0 Å². The zero-order chi connectivity index (χ0) is 15.4. The van der Waals surface area contributed by atoms with Crippen molar-refractivity contribution in [2.75, 3.05) is 26.7 Å². The van der Waals surface area contributed by atoms with Gasteiger partial charge in [0.2, 0.25) is 0 Å². The lowest BCUT2D eigenvalue weighted by Gasteiger charge is -2.29. The maximum atomic E-state index is 12.0. The first-order chi connectivity index (χ1) is 10.7. The van der Waals surface area contributed by atoms with Crippen LogP contribution in [0.2, 0.25) is 0 Å². The SMILES string of the molecule is CN1CCC(NC(=O)NCc2ccc3c(c2)CCCO3)CC1. The number of nitrogens with one attached hydrogen (secondary N) is 2. The number of amides is 2. The number of benzene rings is 1. The van der Waals surface area contributed by atoms with Gasteiger partial charge in [-0.1, -0.05) is 12.1 Å². The van der Waals surface area contributed by atoms with Crippen molar-refractivity contribution in [3.05, 3.63) is 29.3 Å². The molecule has 2 aliphatic rings. The Hall–Kier alpha value is -1.75. The molecule has 5 heteroatoms. The van der Waals surface area contributed by atoms with Gasteiger partial charge in [-0.25, -0.2) is 4.79 Å². The summed E-state index contributed by atoms with van der Waals surface area (Å²) in [7, 11) is 2.12. The topological polar surface area (TPSA) is 53.6 Å². The van der Waals surface area contributed by atoms with E-state index in [-0.39, 0.29) is 6.03 Å². The largest absolute Gasteiger partial charge is 0.493 e. The molecule has 0 aliphatic carbocycles. The minimum Gasteiger partial charge on any atom is -0.493 e. The second-order valence-electron chi connectivity index (χ2n) is 6.30. The highest BCUT2D eigenvalue weighted by atomic mass is 16.5. The molecule has 2 heterocycles. The third kappa shape index (κ3) is 3.91. The average molecular weight is 303 g/mol. The van der Waals surface area contributed by atoms with Crippen LogP contribution in [0.1, 0.15) is 30.4 Å². The van der Waals surface area contributed by atoms with Crippen molar-refractivity contribution in [2.45, 2.75) is 38.3 Å². The average Bonchev–Trinajstić information content (AvgIpc) is 2.55. The molecule has 0 spiro atoms. The van der Waals surface area contributed by atoms with Crippen molar-refractivity contribution >= 4 is 6.03 Å². The molecule has 1 aromatic rings. The zero-order valence-electron chi connectivity index (χ0n) is 13.2. The highest BCUT2D eigenvalue weighted by Crippen LogP contribution is 2.25. The molecule has 2 aliphatic heterocycles. The van der Waals surface area contributed by atoms with Gasteiger partial charge in [-0.3, -0.25) is 0 Å². The summed E-state index contributed by atoms with van der Waals surface area (Å²) in [5, 5.41) is 6.03. The van der Waals surface area contributed by atoms with E-state index in [4.69, 9.17) is 4.74 Å². The van der Waals surface area contributed by atoms with E-state index in [0.29, 0.717) is 12.6 Å². The molecule has 1 fully saturated rings. The molecule has 0 saturated carbocycles. The van der Waals surface area contributed by atoms with Crippen LogP contribution in [0.3, 0.4) is 0 Å². The van der Waals surface area contributed by atoms with Crippen LogP contribution in [0.4, 0.5) is 4.79 Å². The Morgan fingerprint density at radius 1 is 1.36 bits per heavy atom. The Morgan fingerprint density at radius 3 is 3.00 bits per heavy atom. The second-order valence-corrected chi connectivity index (χ2v) is 6.30. The Morgan fingerprint density at radius 2 is 2.18 bits per heavy atom. The molecule has 120 valence electrons. The predicted octanol–water partition coefficient (Wildman–Crippen LogP) is 1.91. The van der Waals surface area contributed by atoms with Gasteiger partial charge in [0, 0.05) is 12.6 Å². The summed E-state index contributed by atoms with van der Waals surface area (Å²) in [6.07, 6.45) is 4.19. The van der Waals surface area contributed by atoms with Crippen molar-refractivity contribution < 1.29 is 9.53 Å². The number of likely N-dealkylation sites (tertiary alicyclic amines) is 1. The van der Waals surface area contributed by atoms with Crippen LogP contribution < -0.4 is 15.4 Å². The number of fused-ring (bicyclic) bond motifs is 1. The molecule has 1 saturated heterocycles. The molecular formula is C17H25N3O2. The fourth-order valence-corrected chi connectivity index (χ4v) is 3.10. The summed E-state index contributed by atoms with van der Waals surface area (Å²) in [5.74, 6) is 0.991. The lowest BCUT2D eigenvalue weighted by Crippen LogP contribution is -2.46. The van der Waals surface area contributed by atoms with Crippen LogP contribution in [-0.2, 0) is 13.0 Å². The maximum absolute atomic E-state index is 12.0. The molecule has 0 atom stereocenters. The monoisotopic (exact) mass is 303 g/mol. The van der Waals surface area contributed by atoms with Crippen molar-refractivity contribution in [1.29, 1.82) is 0 Å². The van der Waals surface area contributed by atoms with Crippen LogP contribution in [0, 0.1) is 0 Å². The first-order valence-electron chi connectivity index (χ1n) is 8.18. The molecule has 0 radical (unpaired) electrons. The third-order valence-corrected chi connectivity index (χ3v) is 4.48. The minimum absolute atomic E-state index is 0.0662. The number of carbonyl (C=O) groups excluding carboxylic acids is 1. The molecule has 0 bridgehead atoms. The summed E-state index contributed by atoms with van der Waals surface area (Å²) in [5.41, 5.74) is 2.38. The lowest BCUT2D eigenvalue weighted by atomic mass is 10.0. The molecule has 2 amide bonds. The molecule has 3 rings (SSSR count). The fourth-order valence-electron chi connectivity index (χ4n) is 3.10. The molecule has 2 N–H and O–H groups in total. The summed E-state index contributed by atoms with van der Waals surface area (Å²) in [6.45, 7) is 3.47. The summed E-state index contributed by atoms with van der Waals surface area (Å²) in [6, 6.07) is 6.42. The van der Waals surface area contributed by atoms with Gasteiger partial charge in [-0.05, 0) is 63.0 Å². The van der Waals surface area contributed by atoms with Crippen molar-refractivity contribution in [3.8, 4) is 5.75 Å². The Kier molecular flexibility index (Phi) is 4.83. The molecule has 22 heavy (non-hydrogen) atoms. The quantitative estimate of drug-likeness (QED) is 0.897. The van der Waals surface area contributed by atoms with Crippen molar-refractivity contribution in [1.82, 2.24) is 15.5 Å². The third-order valence-electron chi connectivity index (χ3n) is 4.48. The summed E-state index contributed by atoms with van der Waals surface area (Å²) >= 11 is 0. The number of rotatable bonds is 3. The summed E-state index contributed by atoms with van der Waals surface area (Å²) < 4.78 is 5.61. The highest BCUT2D eigenvalue weighted by molar-refractivity contribution is 5.74. The minimum atomic E-state index is -0.0662. The molecule has 0 aromatic heterocycles. The number of nitrogens with zero attached hydrogens (tertiary/aromatic N) is 1. The standard InChI is InChI=1S/C17H25N3O2/c1-20-8-6-15(7-9-20)19-17(21)18-12-13-4-5-16-14(11-13)3-2-10-22-16/h4-5,11,15H,2-3,6-10,12H2,1H3,(H2,18,19,21). The normalized spacial score (nSPS) is 19.1. The van der Waals surface area contributed by atoms with E-state index < -0.39 is 0 Å². The van der Waals surface area contributed by atoms with Gasteiger partial charge >= 0.3 is 6.03 Å². The number of carbonyl (C=O) groups is 1. The van der Waals surface area contributed by atoms with E-state index in [1.165, 1.54) is 5.56 Å². The van der Waals surface area contributed by atoms with Crippen molar-refractivity contribution in [2.24, 2.45) is 0 Å². The van der Waals surface area contributed by atoms with E-state index in [1.54, 1.807) is 0 Å². The van der Waals surface area contributed by atoms with E-state index in [0.717, 1.165) is 56.7 Å². The molecule has 1 aromatic carbocycles. The number of hydrogen-bond donors (Lipinski definition) is 2. The van der Waals surface area contributed by atoms with Crippen molar-refractivity contribution in [3.63, 3.8) is 0 Å². The number of hydrogen-bond acceptors (Lipinski definition) is 3. The van der Waals surface area contributed by atoms with Gasteiger partial charge in [0.25, 0.3) is 0 Å². The van der Waals surface area contributed by atoms with Gasteiger partial charge < -0.3 is 20.3 Å². The van der Waals surface area contributed by atoms with E-state index >= 15 is 0 Å². The lowest BCUT2D eigenvalue weighted by molar-refractivity contribution is 0.213. The summed E-state index contributed by atoms with van der Waals surface area (Å²) in [4.78, 5) is 14.3. The van der Waals surface area contributed by atoms with Crippen LogP contribution in [0.25, 0.3) is 0 Å². The van der Waals surface area contributed by atoms with Crippen LogP contribution in [0.5, 0.6) is 5.75 Å². The van der Waals surface area contributed by atoms with Crippen LogP contribution >= 0.6 is 0 Å². The Balaban J connectivity index is 1.46. The first-order valence-corrected chi connectivity index (χ1v) is 8.18. The number of aryl methyl sites for hydroxylation is 1. The van der Waals surface area contributed by atoms with Gasteiger partial charge in [0.1, 0.15) is 5.75 Å². The maximum Gasteiger partial charge on any atom is 0.315 e. The van der Waals surface area contributed by atoms with Crippen LogP contribution in [-0.4, -0.2) is 43.7 Å². The number of urea groups is 1. The van der Waals surface area contributed by atoms with Gasteiger partial charge in [-0.15, -0.1) is 0 Å². The van der Waals surface area contributed by atoms with Gasteiger partial charge in [0.05, 0.1) is 6.61 Å². The smallest absolute Gasteiger partial charge is 0.315 e. The van der Waals surface area contributed by atoms with E-state index in [1.807, 2.05) is 12.1 Å². The van der Waals surface area contributed by atoms with E-state index in [2.05, 4.69) is 28.6 Å². The first kappa shape index (κ1) is 15.2. The van der Waals surface area contributed by atoms with Crippen LogP contribution in [0.15, 0.2) is 18.2 Å². The fraction of sp³-hybridized carbons (Fsp3) is 0.588. The molecule has 0 unspecified atom stereocenters. The molecular weight excluding hydrogens is 278 g/mol. The predicted molar refractivity (Wildman–Crippen MR) is 86.1 cm³/mol. The van der Waals surface area contributed by atoms with E-state index in [9.17, 15) is 4.79 Å². The van der Waals surface area contributed by atoms with Gasteiger partial charge in [0.15, 0.2) is 0 Å². The number of piperidine rings is 1.